The van der Waals surface area contributed by atoms with Crippen LogP contribution in [-0.2, 0) is 0 Å². The Morgan fingerprint density at radius 3 is 2.64 bits per heavy atom. The van der Waals surface area contributed by atoms with Crippen LogP contribution in [0, 0.1) is 17.2 Å². The van der Waals surface area contributed by atoms with Gasteiger partial charge in [-0.1, -0.05) is 19.3 Å². The summed E-state index contributed by atoms with van der Waals surface area (Å²) < 4.78 is 0. The third kappa shape index (κ3) is 3.65. The van der Waals surface area contributed by atoms with Crippen molar-refractivity contribution >= 4 is 0 Å². The molecule has 0 amide bonds. The van der Waals surface area contributed by atoms with E-state index in [9.17, 15) is 5.11 Å². The SMILES string of the molecule is CC(C#N)CNCC1(O)CCCCC1. The van der Waals surface area contributed by atoms with Crippen molar-refractivity contribution < 1.29 is 5.11 Å². The zero-order valence-electron chi connectivity index (χ0n) is 8.92. The van der Waals surface area contributed by atoms with Crippen molar-refractivity contribution in [3.63, 3.8) is 0 Å². The fourth-order valence-corrected chi connectivity index (χ4v) is 1.95. The predicted octanol–water partition coefficient (Wildman–Crippen LogP) is 1.43. The van der Waals surface area contributed by atoms with Gasteiger partial charge in [-0.3, -0.25) is 0 Å². The van der Waals surface area contributed by atoms with Crippen LogP contribution in [0.3, 0.4) is 0 Å². The summed E-state index contributed by atoms with van der Waals surface area (Å²) in [6.45, 7) is 3.20. The highest BCUT2D eigenvalue weighted by Crippen LogP contribution is 2.27. The van der Waals surface area contributed by atoms with Gasteiger partial charge in [-0.2, -0.15) is 5.26 Å². The van der Waals surface area contributed by atoms with E-state index in [4.69, 9.17) is 5.26 Å². The van der Waals surface area contributed by atoms with Gasteiger partial charge in [-0.15, -0.1) is 0 Å². The first-order valence-electron chi connectivity index (χ1n) is 5.49. The second kappa shape index (κ2) is 5.33. The second-order valence-electron chi connectivity index (χ2n) is 4.45. The zero-order chi connectivity index (χ0) is 10.4. The molecule has 1 unspecified atom stereocenters. The van der Waals surface area contributed by atoms with Gasteiger partial charge in [0.25, 0.3) is 0 Å². The van der Waals surface area contributed by atoms with E-state index in [0.29, 0.717) is 13.1 Å². The summed E-state index contributed by atoms with van der Waals surface area (Å²) in [5.41, 5.74) is -0.507. The highest BCUT2D eigenvalue weighted by molar-refractivity contribution is 4.86. The number of hydrogen-bond acceptors (Lipinski definition) is 3. The van der Waals surface area contributed by atoms with Crippen molar-refractivity contribution in [2.75, 3.05) is 13.1 Å². The Bertz CT molecular complexity index is 204. The number of nitrogens with zero attached hydrogens (tertiary/aromatic N) is 1. The molecule has 1 fully saturated rings. The van der Waals surface area contributed by atoms with Gasteiger partial charge in [-0.05, 0) is 19.8 Å². The Labute approximate surface area is 86.1 Å². The second-order valence-corrected chi connectivity index (χ2v) is 4.45. The summed E-state index contributed by atoms with van der Waals surface area (Å²) in [7, 11) is 0. The van der Waals surface area contributed by atoms with Crippen LogP contribution in [0.2, 0.25) is 0 Å². The first-order valence-corrected chi connectivity index (χ1v) is 5.49. The molecule has 1 aliphatic rings. The van der Waals surface area contributed by atoms with Crippen molar-refractivity contribution in [1.82, 2.24) is 5.32 Å². The lowest BCUT2D eigenvalue weighted by atomic mass is 9.85. The van der Waals surface area contributed by atoms with Gasteiger partial charge in [0, 0.05) is 13.1 Å². The topological polar surface area (TPSA) is 56.0 Å². The molecule has 0 aliphatic heterocycles. The minimum Gasteiger partial charge on any atom is -0.389 e. The fraction of sp³-hybridized carbons (Fsp3) is 0.909. The summed E-state index contributed by atoms with van der Waals surface area (Å²) in [5.74, 6) is 0.0298. The lowest BCUT2D eigenvalue weighted by molar-refractivity contribution is 0.00476. The molecule has 1 aliphatic carbocycles. The zero-order valence-corrected chi connectivity index (χ0v) is 8.92. The Kier molecular flexibility index (Phi) is 4.37. The molecule has 0 aromatic carbocycles. The lowest BCUT2D eigenvalue weighted by Crippen LogP contribution is -2.43. The number of rotatable bonds is 4. The summed E-state index contributed by atoms with van der Waals surface area (Å²) in [6, 6.07) is 2.17. The largest absolute Gasteiger partial charge is 0.389 e. The summed E-state index contributed by atoms with van der Waals surface area (Å²) in [6.07, 6.45) is 5.32. The van der Waals surface area contributed by atoms with E-state index in [1.165, 1.54) is 6.42 Å². The smallest absolute Gasteiger partial charge is 0.0771 e. The predicted molar refractivity (Wildman–Crippen MR) is 55.7 cm³/mol. The van der Waals surface area contributed by atoms with Crippen LogP contribution >= 0.6 is 0 Å². The van der Waals surface area contributed by atoms with E-state index in [2.05, 4.69) is 11.4 Å². The molecule has 0 heterocycles. The third-order valence-electron chi connectivity index (χ3n) is 2.91. The Balaban J connectivity index is 2.19. The summed E-state index contributed by atoms with van der Waals surface area (Å²) >= 11 is 0. The standard InChI is InChI=1S/C11H20N2O/c1-10(7-12)8-13-9-11(14)5-3-2-4-6-11/h10,13-14H,2-6,8-9H2,1H3. The van der Waals surface area contributed by atoms with Crippen LogP contribution in [-0.4, -0.2) is 23.8 Å². The minimum atomic E-state index is -0.507. The van der Waals surface area contributed by atoms with Gasteiger partial charge in [0.05, 0.1) is 17.6 Å². The first kappa shape index (κ1) is 11.5. The summed E-state index contributed by atoms with van der Waals surface area (Å²) in [4.78, 5) is 0. The van der Waals surface area contributed by atoms with E-state index in [1.807, 2.05) is 6.92 Å². The molecule has 1 saturated carbocycles. The summed E-state index contributed by atoms with van der Waals surface area (Å²) in [5, 5.41) is 21.9. The molecule has 2 N–H and O–H groups in total. The molecule has 0 aromatic rings. The van der Waals surface area contributed by atoms with Gasteiger partial charge in [0.2, 0.25) is 0 Å². The maximum Gasteiger partial charge on any atom is 0.0771 e. The molecule has 80 valence electrons. The number of hydrogen-bond donors (Lipinski definition) is 2. The molecule has 0 spiro atoms. The van der Waals surface area contributed by atoms with Crippen LogP contribution in [0.1, 0.15) is 39.0 Å². The van der Waals surface area contributed by atoms with Crippen molar-refractivity contribution in [3.05, 3.63) is 0 Å². The monoisotopic (exact) mass is 196 g/mol. The van der Waals surface area contributed by atoms with E-state index in [0.717, 1.165) is 25.7 Å². The number of nitriles is 1. The van der Waals surface area contributed by atoms with Gasteiger partial charge >= 0.3 is 0 Å². The highest BCUT2D eigenvalue weighted by Gasteiger charge is 2.28. The van der Waals surface area contributed by atoms with Crippen LogP contribution < -0.4 is 5.32 Å². The molecule has 0 aromatic heterocycles. The Morgan fingerprint density at radius 2 is 2.07 bits per heavy atom. The van der Waals surface area contributed by atoms with Crippen molar-refractivity contribution in [1.29, 1.82) is 5.26 Å². The average molecular weight is 196 g/mol. The molecule has 0 radical (unpaired) electrons. The molecule has 0 bridgehead atoms. The lowest BCUT2D eigenvalue weighted by Gasteiger charge is -2.32. The highest BCUT2D eigenvalue weighted by atomic mass is 16.3. The maximum absolute atomic E-state index is 10.1. The molecule has 3 nitrogen and oxygen atoms in total. The van der Waals surface area contributed by atoms with E-state index >= 15 is 0 Å². The maximum atomic E-state index is 10.1. The number of nitrogens with one attached hydrogen (secondary N) is 1. The molecule has 1 rings (SSSR count). The van der Waals surface area contributed by atoms with E-state index in [1.54, 1.807) is 0 Å². The molecule has 1 atom stereocenters. The van der Waals surface area contributed by atoms with Crippen LogP contribution in [0.25, 0.3) is 0 Å². The van der Waals surface area contributed by atoms with Crippen LogP contribution in [0.15, 0.2) is 0 Å². The third-order valence-corrected chi connectivity index (χ3v) is 2.91. The normalized spacial score (nSPS) is 22.6. The van der Waals surface area contributed by atoms with Crippen molar-refractivity contribution in [2.45, 2.75) is 44.6 Å². The average Bonchev–Trinajstić information content (AvgIpc) is 2.18. The van der Waals surface area contributed by atoms with Crippen LogP contribution in [0.5, 0.6) is 0 Å². The molecular formula is C11H20N2O. The molecule has 14 heavy (non-hydrogen) atoms. The Morgan fingerprint density at radius 1 is 1.43 bits per heavy atom. The van der Waals surface area contributed by atoms with Gasteiger partial charge in [0.1, 0.15) is 0 Å². The van der Waals surface area contributed by atoms with E-state index in [-0.39, 0.29) is 5.92 Å². The molecule has 0 saturated heterocycles. The minimum absolute atomic E-state index is 0.0298. The molecular weight excluding hydrogens is 176 g/mol. The Hall–Kier alpha value is -0.590. The quantitative estimate of drug-likeness (QED) is 0.715. The van der Waals surface area contributed by atoms with Crippen molar-refractivity contribution in [2.24, 2.45) is 5.92 Å². The molecule has 3 heteroatoms. The fourth-order valence-electron chi connectivity index (χ4n) is 1.95. The van der Waals surface area contributed by atoms with Crippen molar-refractivity contribution in [3.8, 4) is 6.07 Å². The van der Waals surface area contributed by atoms with Gasteiger partial charge in [-0.25, -0.2) is 0 Å². The van der Waals surface area contributed by atoms with Gasteiger partial charge < -0.3 is 10.4 Å². The van der Waals surface area contributed by atoms with E-state index < -0.39 is 5.60 Å². The first-order chi connectivity index (χ1) is 6.66. The van der Waals surface area contributed by atoms with Crippen LogP contribution in [0.4, 0.5) is 0 Å². The van der Waals surface area contributed by atoms with Gasteiger partial charge in [0.15, 0.2) is 0 Å². The number of aliphatic hydroxyl groups is 1.